The van der Waals surface area contributed by atoms with E-state index in [1.54, 1.807) is 29.1 Å². The Morgan fingerprint density at radius 2 is 1.83 bits per heavy atom. The molecule has 1 atom stereocenters. The number of ether oxygens (including phenoxy) is 2. The Morgan fingerprint density at radius 1 is 1.07 bits per heavy atom. The summed E-state index contributed by atoms with van der Waals surface area (Å²) in [5, 5.41) is 8.48. The van der Waals surface area contributed by atoms with Crippen molar-refractivity contribution in [3.05, 3.63) is 60.9 Å². The number of thioether (sulfide) groups is 1. The van der Waals surface area contributed by atoms with Gasteiger partial charge in [-0.15, -0.1) is 10.2 Å². The van der Waals surface area contributed by atoms with E-state index in [2.05, 4.69) is 21.0 Å². The second-order valence-electron chi connectivity index (χ2n) is 6.01. The lowest BCUT2D eigenvalue weighted by molar-refractivity contribution is -0.134. The maximum absolute atomic E-state index is 12.2. The first-order valence-corrected chi connectivity index (χ1v) is 9.75. The molecule has 1 aliphatic rings. The van der Waals surface area contributed by atoms with Crippen LogP contribution in [0.2, 0.25) is 0 Å². The first-order valence-electron chi connectivity index (χ1n) is 8.76. The van der Waals surface area contributed by atoms with Gasteiger partial charge in [-0.2, -0.15) is 0 Å². The molecule has 4 rings (SSSR count). The van der Waals surface area contributed by atoms with E-state index in [4.69, 9.17) is 9.47 Å². The van der Waals surface area contributed by atoms with Crippen LogP contribution < -0.4 is 20.3 Å². The number of nitrogens with one attached hydrogen (secondary N) is 2. The fourth-order valence-corrected chi connectivity index (χ4v) is 3.34. The number of rotatable bonds is 5. The molecule has 0 saturated carbocycles. The molecule has 0 radical (unpaired) electrons. The molecule has 9 nitrogen and oxygen atoms in total. The minimum absolute atomic E-state index is 0.0522. The summed E-state index contributed by atoms with van der Waals surface area (Å²) in [6.45, 7) is 0.0631. The minimum atomic E-state index is -0.848. The fraction of sp³-hybridized carbons (Fsp3) is 0.158. The fourth-order valence-electron chi connectivity index (χ4n) is 2.62. The molecule has 29 heavy (non-hydrogen) atoms. The molecule has 0 fully saturated rings. The van der Waals surface area contributed by atoms with E-state index < -0.39 is 12.0 Å². The smallest absolute Gasteiger partial charge is 0.283 e. The second-order valence-corrected chi connectivity index (χ2v) is 6.95. The first-order chi connectivity index (χ1) is 14.2. The third-order valence-electron chi connectivity index (χ3n) is 4.01. The summed E-state index contributed by atoms with van der Waals surface area (Å²) in [5.41, 5.74) is 5.62. The van der Waals surface area contributed by atoms with Crippen LogP contribution in [0.1, 0.15) is 0 Å². The maximum Gasteiger partial charge on any atom is 0.283 e. The second kappa shape index (κ2) is 8.65. The normalized spacial score (nSPS) is 14.8. The molecule has 0 unspecified atom stereocenters. The van der Waals surface area contributed by atoms with Gasteiger partial charge in [0.1, 0.15) is 12.9 Å². The van der Waals surface area contributed by atoms with Gasteiger partial charge in [0, 0.05) is 5.69 Å². The Morgan fingerprint density at radius 3 is 2.66 bits per heavy atom. The average Bonchev–Trinajstić information content (AvgIpc) is 3.25. The van der Waals surface area contributed by atoms with Gasteiger partial charge in [-0.3, -0.25) is 25.0 Å². The lowest BCUT2D eigenvalue weighted by Crippen LogP contribution is -2.51. The number of carbonyl (C=O) groups is 2. The van der Waals surface area contributed by atoms with E-state index in [9.17, 15) is 9.59 Å². The van der Waals surface area contributed by atoms with Crippen LogP contribution in [0, 0.1) is 0 Å². The molecule has 2 aromatic carbocycles. The highest BCUT2D eigenvalue weighted by Gasteiger charge is 2.27. The number of nitrogens with zero attached hydrogens (tertiary/aromatic N) is 3. The van der Waals surface area contributed by atoms with Gasteiger partial charge in [0.2, 0.25) is 12.0 Å². The van der Waals surface area contributed by atoms with Gasteiger partial charge < -0.3 is 9.47 Å². The summed E-state index contributed by atoms with van der Waals surface area (Å²) in [4.78, 5) is 24.3. The Bertz CT molecular complexity index is 1010. The predicted molar refractivity (Wildman–Crippen MR) is 105 cm³/mol. The number of fused-ring (bicyclic) bond motifs is 1. The highest BCUT2D eigenvalue weighted by atomic mass is 32.2. The van der Waals surface area contributed by atoms with Crippen LogP contribution >= 0.6 is 11.8 Å². The molecular formula is C19H17N5O4S. The summed E-state index contributed by atoms with van der Waals surface area (Å²) in [6.07, 6.45) is 0.731. The maximum atomic E-state index is 12.2. The van der Waals surface area contributed by atoms with Gasteiger partial charge in [0.25, 0.3) is 5.91 Å². The van der Waals surface area contributed by atoms with Crippen molar-refractivity contribution in [2.45, 2.75) is 11.3 Å². The van der Waals surface area contributed by atoms with Crippen molar-refractivity contribution in [1.29, 1.82) is 0 Å². The Kier molecular flexibility index (Phi) is 5.61. The number of benzene rings is 2. The van der Waals surface area contributed by atoms with Crippen LogP contribution in [0.5, 0.6) is 11.5 Å². The van der Waals surface area contributed by atoms with E-state index in [0.717, 1.165) is 5.69 Å². The van der Waals surface area contributed by atoms with Crippen molar-refractivity contribution in [2.75, 3.05) is 12.4 Å². The van der Waals surface area contributed by atoms with Crippen molar-refractivity contribution < 1.29 is 19.1 Å². The molecule has 2 N–H and O–H groups in total. The first kappa shape index (κ1) is 18.8. The molecule has 0 spiro atoms. The molecule has 1 aromatic heterocycles. The molecule has 2 amide bonds. The molecule has 10 heteroatoms. The van der Waals surface area contributed by atoms with Crippen molar-refractivity contribution >= 4 is 23.6 Å². The standard InChI is InChI=1S/C19H17N5O4S/c25-17(11-29-19-23-20-12-24(19)13-6-2-1-3-7-13)21-22-18(26)16-10-27-14-8-4-5-9-15(14)28-16/h1-9,12,16H,10-11H2,(H,21,25)(H,22,26)/t16-/m1/s1. The third-order valence-corrected chi connectivity index (χ3v) is 4.95. The van der Waals surface area contributed by atoms with Crippen LogP contribution in [0.3, 0.4) is 0 Å². The summed E-state index contributed by atoms with van der Waals surface area (Å²) in [7, 11) is 0. The van der Waals surface area contributed by atoms with Crippen LogP contribution in [0.25, 0.3) is 5.69 Å². The zero-order valence-corrected chi connectivity index (χ0v) is 16.0. The number of hydrazine groups is 1. The molecule has 0 saturated heterocycles. The number of amides is 2. The molecular weight excluding hydrogens is 394 g/mol. The van der Waals surface area contributed by atoms with E-state index in [1.807, 2.05) is 36.4 Å². The average molecular weight is 411 g/mol. The van der Waals surface area contributed by atoms with Crippen molar-refractivity contribution in [2.24, 2.45) is 0 Å². The van der Waals surface area contributed by atoms with E-state index >= 15 is 0 Å². The number of para-hydroxylation sites is 3. The van der Waals surface area contributed by atoms with Gasteiger partial charge in [-0.05, 0) is 24.3 Å². The van der Waals surface area contributed by atoms with Gasteiger partial charge in [-0.1, -0.05) is 42.1 Å². The van der Waals surface area contributed by atoms with E-state index in [1.165, 1.54) is 11.8 Å². The number of hydrogen-bond acceptors (Lipinski definition) is 7. The minimum Gasteiger partial charge on any atom is -0.485 e. The lowest BCUT2D eigenvalue weighted by Gasteiger charge is -2.25. The van der Waals surface area contributed by atoms with Gasteiger partial charge in [0.15, 0.2) is 16.7 Å². The summed E-state index contributed by atoms with van der Waals surface area (Å²) >= 11 is 1.20. The van der Waals surface area contributed by atoms with E-state index in [0.29, 0.717) is 16.7 Å². The van der Waals surface area contributed by atoms with E-state index in [-0.39, 0.29) is 18.3 Å². The van der Waals surface area contributed by atoms with Gasteiger partial charge in [-0.25, -0.2) is 0 Å². The van der Waals surface area contributed by atoms with Gasteiger partial charge >= 0.3 is 0 Å². The SMILES string of the molecule is O=C(CSc1nncn1-c1ccccc1)NNC(=O)[C@H]1COc2ccccc2O1. The summed E-state index contributed by atoms with van der Waals surface area (Å²) in [6, 6.07) is 16.6. The molecule has 2 heterocycles. The van der Waals surface area contributed by atoms with Crippen LogP contribution in [0.4, 0.5) is 0 Å². The lowest BCUT2D eigenvalue weighted by atomic mass is 10.2. The molecule has 148 valence electrons. The quantitative estimate of drug-likeness (QED) is 0.482. The highest BCUT2D eigenvalue weighted by Crippen LogP contribution is 2.30. The largest absolute Gasteiger partial charge is 0.485 e. The zero-order valence-electron chi connectivity index (χ0n) is 15.1. The van der Waals surface area contributed by atoms with Crippen molar-refractivity contribution in [3.8, 4) is 17.2 Å². The molecule has 0 aliphatic carbocycles. The van der Waals surface area contributed by atoms with Crippen molar-refractivity contribution in [3.63, 3.8) is 0 Å². The summed E-state index contributed by atoms with van der Waals surface area (Å²) in [5.74, 6) is 0.241. The van der Waals surface area contributed by atoms with Crippen LogP contribution in [0.15, 0.2) is 66.1 Å². The zero-order chi connectivity index (χ0) is 20.1. The van der Waals surface area contributed by atoms with Gasteiger partial charge in [0.05, 0.1) is 5.75 Å². The monoisotopic (exact) mass is 411 g/mol. The molecule has 1 aliphatic heterocycles. The number of hydrogen-bond donors (Lipinski definition) is 2. The molecule has 3 aromatic rings. The number of carbonyl (C=O) groups excluding carboxylic acids is 2. The van der Waals surface area contributed by atoms with Crippen molar-refractivity contribution in [1.82, 2.24) is 25.6 Å². The van der Waals surface area contributed by atoms with Crippen LogP contribution in [-0.2, 0) is 9.59 Å². The molecule has 0 bridgehead atoms. The Labute approximate surface area is 170 Å². The topological polar surface area (TPSA) is 107 Å². The predicted octanol–water partition coefficient (Wildman–Crippen LogP) is 1.35. The number of aromatic nitrogens is 3. The third kappa shape index (κ3) is 4.49. The highest BCUT2D eigenvalue weighted by molar-refractivity contribution is 7.99. The Hall–Kier alpha value is -3.53. The Balaban J connectivity index is 1.26. The summed E-state index contributed by atoms with van der Waals surface area (Å²) < 4.78 is 12.9. The van der Waals surface area contributed by atoms with Crippen LogP contribution in [-0.4, -0.2) is 45.0 Å².